The summed E-state index contributed by atoms with van der Waals surface area (Å²) in [5.74, 6) is -0.728. The van der Waals surface area contributed by atoms with Crippen LogP contribution in [0.15, 0.2) is 36.5 Å². The summed E-state index contributed by atoms with van der Waals surface area (Å²) in [7, 11) is 0. The fraction of sp³-hybridized carbons (Fsp3) is 0.786. The van der Waals surface area contributed by atoms with Gasteiger partial charge in [0, 0.05) is 19.4 Å². The van der Waals surface area contributed by atoms with E-state index < -0.39 is 18.2 Å². The van der Waals surface area contributed by atoms with Gasteiger partial charge in [0.1, 0.15) is 26.0 Å². The Kier molecular flexibility index (Phi) is 21.9. The van der Waals surface area contributed by atoms with Crippen molar-refractivity contribution in [2.75, 3.05) is 46.1 Å². The topological polar surface area (TPSA) is 91.4 Å². The summed E-state index contributed by atoms with van der Waals surface area (Å²) in [6.45, 7) is 5.37. The van der Waals surface area contributed by atoms with Gasteiger partial charge in [-0.1, -0.05) is 75.5 Å². The summed E-state index contributed by atoms with van der Waals surface area (Å²) in [5, 5.41) is 0. The first-order valence-corrected chi connectivity index (χ1v) is 20.3. The van der Waals surface area contributed by atoms with Crippen molar-refractivity contribution in [2.45, 2.75) is 148 Å². The molecular formula is C42H68FNO7. The highest BCUT2D eigenvalue weighted by atomic mass is 19.1. The van der Waals surface area contributed by atoms with E-state index in [2.05, 4.69) is 48.3 Å². The van der Waals surface area contributed by atoms with Crippen molar-refractivity contribution in [3.8, 4) is 0 Å². The van der Waals surface area contributed by atoms with Gasteiger partial charge in [0.15, 0.2) is 0 Å². The van der Waals surface area contributed by atoms with Crippen LogP contribution in [0.2, 0.25) is 0 Å². The molecule has 0 spiro atoms. The third-order valence-corrected chi connectivity index (χ3v) is 10.6. The second-order valence-electron chi connectivity index (χ2n) is 15.1. The zero-order valence-corrected chi connectivity index (χ0v) is 31.7. The van der Waals surface area contributed by atoms with Crippen LogP contribution in [0.4, 0.5) is 9.18 Å². The van der Waals surface area contributed by atoms with Crippen LogP contribution in [-0.4, -0.2) is 75.2 Å². The van der Waals surface area contributed by atoms with Crippen molar-refractivity contribution in [1.29, 1.82) is 0 Å². The molecule has 51 heavy (non-hydrogen) atoms. The van der Waals surface area contributed by atoms with E-state index in [9.17, 15) is 18.8 Å². The SMILES string of the molecule is CC/C=C\C/C=C\C/C=C\CCCCCCCC(=O)OCC(COC(=O)CCC12CCC[C@@H](C[C@@H](F)C1)C2)COC(=O)OCCCN1CCCC1. The fourth-order valence-corrected chi connectivity index (χ4v) is 7.86. The number of carbonyl (C=O) groups is 3. The Labute approximate surface area is 307 Å². The minimum Gasteiger partial charge on any atom is -0.465 e. The molecule has 8 nitrogen and oxygen atoms in total. The first kappa shape index (κ1) is 42.7. The Morgan fingerprint density at radius 3 is 2.20 bits per heavy atom. The molecule has 0 amide bonds. The molecule has 3 rings (SSSR count). The molecule has 3 fully saturated rings. The molecule has 1 saturated heterocycles. The number of unbranched alkanes of at least 4 members (excludes halogenated alkanes) is 5. The van der Waals surface area contributed by atoms with Gasteiger partial charge >= 0.3 is 18.1 Å². The second-order valence-corrected chi connectivity index (χ2v) is 15.1. The molecule has 2 bridgehead atoms. The highest BCUT2D eigenvalue weighted by Crippen LogP contribution is 2.52. The molecule has 1 heterocycles. The Morgan fingerprint density at radius 2 is 1.43 bits per heavy atom. The summed E-state index contributed by atoms with van der Waals surface area (Å²) >= 11 is 0. The van der Waals surface area contributed by atoms with Gasteiger partial charge in [0.25, 0.3) is 0 Å². The number of esters is 2. The number of halogens is 1. The Balaban J connectivity index is 1.31. The smallest absolute Gasteiger partial charge is 0.465 e. The molecule has 2 aliphatic carbocycles. The molecule has 4 atom stereocenters. The monoisotopic (exact) mass is 717 g/mol. The number of hydrogen-bond acceptors (Lipinski definition) is 8. The zero-order valence-electron chi connectivity index (χ0n) is 31.7. The van der Waals surface area contributed by atoms with E-state index in [0.29, 0.717) is 31.6 Å². The van der Waals surface area contributed by atoms with Crippen molar-refractivity contribution >= 4 is 18.1 Å². The lowest BCUT2D eigenvalue weighted by molar-refractivity contribution is -0.150. The minimum absolute atomic E-state index is 0.0134. The number of likely N-dealkylation sites (tertiary alicyclic amines) is 1. The molecule has 3 aliphatic rings. The average Bonchev–Trinajstić information content (AvgIpc) is 3.64. The lowest BCUT2D eigenvalue weighted by Gasteiger charge is -2.46. The Hall–Kier alpha value is -2.68. The van der Waals surface area contributed by atoms with Crippen LogP contribution >= 0.6 is 0 Å². The molecule has 0 N–H and O–H groups in total. The number of ether oxygens (including phenoxy) is 4. The van der Waals surface area contributed by atoms with Gasteiger partial charge in [-0.3, -0.25) is 9.59 Å². The highest BCUT2D eigenvalue weighted by molar-refractivity contribution is 5.70. The fourth-order valence-electron chi connectivity index (χ4n) is 7.86. The first-order chi connectivity index (χ1) is 24.9. The normalized spacial score (nSPS) is 22.9. The van der Waals surface area contributed by atoms with Crippen LogP contribution in [-0.2, 0) is 28.5 Å². The third kappa shape index (κ3) is 19.7. The van der Waals surface area contributed by atoms with Crippen molar-refractivity contribution in [3.63, 3.8) is 0 Å². The van der Waals surface area contributed by atoms with Gasteiger partial charge < -0.3 is 23.8 Å². The molecule has 0 aromatic heterocycles. The van der Waals surface area contributed by atoms with Gasteiger partial charge in [-0.25, -0.2) is 9.18 Å². The number of alkyl halides is 1. The minimum atomic E-state index is -0.778. The number of carbonyl (C=O) groups excluding carboxylic acids is 3. The standard InChI is InChI=1S/C42H68FNO7/c1-2-3-4-5-6-7-8-9-10-11-12-13-14-15-16-22-39(45)49-33-37(35-51-41(47)48-29-20-28-44-26-17-18-27-44)34-50-40(46)23-25-42-24-19-21-36(31-42)30-38(43)32-42/h3-4,6-7,9-10,36-38H,2,5,8,11-35H2,1H3/b4-3-,7-6-,10-9-/t36-,37?,38+,42?/m0/s1. The molecule has 9 heteroatoms. The van der Waals surface area contributed by atoms with Gasteiger partial charge in [-0.05, 0) is 114 Å². The first-order valence-electron chi connectivity index (χ1n) is 20.3. The van der Waals surface area contributed by atoms with Crippen LogP contribution in [0.1, 0.15) is 142 Å². The Bertz CT molecular complexity index is 1070. The third-order valence-electron chi connectivity index (χ3n) is 10.6. The molecule has 1 aliphatic heterocycles. The van der Waals surface area contributed by atoms with Gasteiger partial charge in [0.2, 0.25) is 0 Å². The summed E-state index contributed by atoms with van der Waals surface area (Å²) in [6, 6.07) is 0. The molecule has 0 radical (unpaired) electrons. The van der Waals surface area contributed by atoms with Gasteiger partial charge in [0.05, 0.1) is 12.5 Å². The van der Waals surface area contributed by atoms with Crippen molar-refractivity contribution in [2.24, 2.45) is 17.3 Å². The molecule has 0 aromatic rings. The van der Waals surface area contributed by atoms with Crippen LogP contribution in [0.5, 0.6) is 0 Å². The predicted octanol–water partition coefficient (Wildman–Crippen LogP) is 10.0. The molecular weight excluding hydrogens is 649 g/mol. The summed E-state index contributed by atoms with van der Waals surface area (Å²) in [6.07, 6.45) is 30.6. The van der Waals surface area contributed by atoms with E-state index in [4.69, 9.17) is 18.9 Å². The van der Waals surface area contributed by atoms with Crippen LogP contribution < -0.4 is 0 Å². The molecule has 2 unspecified atom stereocenters. The molecule has 2 saturated carbocycles. The predicted molar refractivity (Wildman–Crippen MR) is 200 cm³/mol. The van der Waals surface area contributed by atoms with E-state index in [1.807, 2.05) is 0 Å². The van der Waals surface area contributed by atoms with Crippen LogP contribution in [0, 0.1) is 17.3 Å². The quantitative estimate of drug-likeness (QED) is 0.0378. The molecule has 290 valence electrons. The van der Waals surface area contributed by atoms with Crippen LogP contribution in [0.25, 0.3) is 0 Å². The Morgan fingerprint density at radius 1 is 0.765 bits per heavy atom. The van der Waals surface area contributed by atoms with E-state index in [1.165, 1.54) is 12.8 Å². The van der Waals surface area contributed by atoms with Crippen molar-refractivity contribution < 1.29 is 37.7 Å². The largest absolute Gasteiger partial charge is 0.508 e. The number of nitrogens with zero attached hydrogens (tertiary/aromatic N) is 1. The van der Waals surface area contributed by atoms with Crippen molar-refractivity contribution in [3.05, 3.63) is 36.5 Å². The lowest BCUT2D eigenvalue weighted by atomic mass is 9.60. The van der Waals surface area contributed by atoms with Crippen LogP contribution in [0.3, 0.4) is 0 Å². The second kappa shape index (κ2) is 26.1. The van der Waals surface area contributed by atoms with E-state index in [1.54, 1.807) is 0 Å². The van der Waals surface area contributed by atoms with E-state index >= 15 is 0 Å². The highest BCUT2D eigenvalue weighted by Gasteiger charge is 2.43. The number of rotatable bonds is 26. The summed E-state index contributed by atoms with van der Waals surface area (Å²) in [5.41, 5.74) is -0.101. The maximum absolute atomic E-state index is 14.4. The zero-order chi connectivity index (χ0) is 36.4. The van der Waals surface area contributed by atoms with Gasteiger partial charge in [-0.2, -0.15) is 0 Å². The number of allylic oxidation sites excluding steroid dienone is 6. The maximum Gasteiger partial charge on any atom is 0.508 e. The number of fused-ring (bicyclic) bond motifs is 2. The summed E-state index contributed by atoms with van der Waals surface area (Å²) < 4.78 is 36.1. The van der Waals surface area contributed by atoms with E-state index in [-0.39, 0.29) is 50.2 Å². The maximum atomic E-state index is 14.4. The molecule has 0 aromatic carbocycles. The lowest BCUT2D eigenvalue weighted by Crippen LogP contribution is -2.38. The average molecular weight is 718 g/mol. The van der Waals surface area contributed by atoms with Crippen molar-refractivity contribution in [1.82, 2.24) is 4.90 Å². The summed E-state index contributed by atoms with van der Waals surface area (Å²) in [4.78, 5) is 40.0. The van der Waals surface area contributed by atoms with E-state index in [0.717, 1.165) is 110 Å². The van der Waals surface area contributed by atoms with Gasteiger partial charge in [-0.15, -0.1) is 0 Å². The number of hydrogen-bond donors (Lipinski definition) is 0.